The Labute approximate surface area is 418 Å². The van der Waals surface area contributed by atoms with E-state index < -0.39 is 49.9 Å². The summed E-state index contributed by atoms with van der Waals surface area (Å²) >= 11 is 0. The maximum Gasteiger partial charge on any atom is 0.310 e. The molecule has 1 fully saturated rings. The van der Waals surface area contributed by atoms with Gasteiger partial charge in [-0.1, -0.05) is 229 Å². The van der Waals surface area contributed by atoms with E-state index in [4.69, 9.17) is 9.47 Å². The second kappa shape index (κ2) is 19.7. The fourth-order valence-electron chi connectivity index (χ4n) is 10.2. The quantitative estimate of drug-likeness (QED) is 0.0897. The summed E-state index contributed by atoms with van der Waals surface area (Å²) in [5.41, 5.74) is 5.22. The van der Waals surface area contributed by atoms with Gasteiger partial charge in [0.25, 0.3) is 0 Å². The Morgan fingerprint density at radius 1 is 0.386 bits per heavy atom. The minimum absolute atomic E-state index is 0.101. The lowest BCUT2D eigenvalue weighted by Gasteiger charge is -2.51. The minimum atomic E-state index is -3.74. The Hall–Kier alpha value is -5.28. The molecule has 8 heteroatoms. The highest BCUT2D eigenvalue weighted by atomic mass is 31.2. The van der Waals surface area contributed by atoms with E-state index in [0.29, 0.717) is 43.0 Å². The molecule has 7 rings (SSSR count). The van der Waals surface area contributed by atoms with Gasteiger partial charge in [0.2, 0.25) is 0 Å². The lowest BCUT2D eigenvalue weighted by molar-refractivity contribution is -0.171. The molecular formula is C62H74O6P2. The fourth-order valence-corrected chi connectivity index (χ4v) is 16.0. The maximum absolute atomic E-state index is 16.9. The van der Waals surface area contributed by atoms with Gasteiger partial charge in [0.05, 0.1) is 25.0 Å². The first kappa shape index (κ1) is 52.5. The van der Waals surface area contributed by atoms with Crippen LogP contribution in [0.15, 0.2) is 146 Å². The van der Waals surface area contributed by atoms with Gasteiger partial charge >= 0.3 is 11.9 Å². The first-order valence-electron chi connectivity index (χ1n) is 24.9. The third kappa shape index (κ3) is 9.98. The van der Waals surface area contributed by atoms with Crippen molar-refractivity contribution in [1.82, 2.24) is 0 Å². The molecule has 1 saturated carbocycles. The lowest BCUT2D eigenvalue weighted by Crippen LogP contribution is -2.54. The zero-order chi connectivity index (χ0) is 51.2. The van der Waals surface area contributed by atoms with Gasteiger partial charge in [-0.05, 0) is 68.9 Å². The van der Waals surface area contributed by atoms with Crippen LogP contribution in [0.2, 0.25) is 0 Å². The average molecular weight is 977 g/mol. The summed E-state index contributed by atoms with van der Waals surface area (Å²) in [6, 6.07) is 47.8. The summed E-state index contributed by atoms with van der Waals surface area (Å²) in [7, 11) is -7.48. The first-order chi connectivity index (χ1) is 32.8. The van der Waals surface area contributed by atoms with Crippen molar-refractivity contribution in [2.24, 2.45) is 11.8 Å². The van der Waals surface area contributed by atoms with Crippen LogP contribution < -0.4 is 31.8 Å². The van der Waals surface area contributed by atoms with Crippen LogP contribution in [0.25, 0.3) is 0 Å². The van der Waals surface area contributed by atoms with Gasteiger partial charge in [0.1, 0.15) is 0 Å². The molecule has 0 spiro atoms. The number of ether oxygens (including phenoxy) is 2. The molecule has 0 heterocycles. The van der Waals surface area contributed by atoms with E-state index >= 15 is 9.13 Å². The molecule has 0 aliphatic heterocycles. The van der Waals surface area contributed by atoms with Crippen molar-refractivity contribution in [3.8, 4) is 0 Å². The van der Waals surface area contributed by atoms with Gasteiger partial charge < -0.3 is 18.6 Å². The molecule has 6 aromatic rings. The molecule has 0 saturated heterocycles. The van der Waals surface area contributed by atoms with Gasteiger partial charge in [0.15, 0.2) is 14.3 Å². The Kier molecular flexibility index (Phi) is 14.8. The number of benzene rings is 6. The Bertz CT molecular complexity index is 2600. The first-order valence-corrected chi connectivity index (χ1v) is 28.4. The Morgan fingerprint density at radius 2 is 0.614 bits per heavy atom. The van der Waals surface area contributed by atoms with Crippen LogP contribution in [0, 0.1) is 11.8 Å². The number of carbonyl (C=O) groups excluding carboxylic acids is 2. The summed E-state index contributed by atoms with van der Waals surface area (Å²) < 4.78 is 45.6. The molecule has 1 aliphatic carbocycles. The van der Waals surface area contributed by atoms with Crippen LogP contribution in [-0.4, -0.2) is 25.2 Å². The molecule has 6 aromatic carbocycles. The molecule has 0 unspecified atom stereocenters. The minimum Gasteiger partial charge on any atom is -0.466 e. The van der Waals surface area contributed by atoms with Gasteiger partial charge in [-0.15, -0.1) is 0 Å². The summed E-state index contributed by atoms with van der Waals surface area (Å²) in [5.74, 6) is -4.55. The second-order valence-corrected chi connectivity index (χ2v) is 28.6. The topological polar surface area (TPSA) is 86.7 Å². The van der Waals surface area contributed by atoms with Crippen LogP contribution in [-0.2, 0) is 49.9 Å². The molecule has 0 amide bonds. The van der Waals surface area contributed by atoms with E-state index in [1.54, 1.807) is 13.8 Å². The van der Waals surface area contributed by atoms with Crippen LogP contribution in [0.4, 0.5) is 0 Å². The molecule has 368 valence electrons. The summed E-state index contributed by atoms with van der Waals surface area (Å²) in [6.07, 6.45) is 0. The number of hydrogen-bond acceptors (Lipinski definition) is 6. The van der Waals surface area contributed by atoms with Crippen molar-refractivity contribution in [3.05, 3.63) is 179 Å². The molecule has 0 radical (unpaired) electrons. The average Bonchev–Trinajstić information content (AvgIpc) is 3.30. The Balaban J connectivity index is 1.54. The largest absolute Gasteiger partial charge is 0.466 e. The zero-order valence-electron chi connectivity index (χ0n) is 43.9. The van der Waals surface area contributed by atoms with Crippen LogP contribution in [0.3, 0.4) is 0 Å². The number of rotatable bonds is 12. The SMILES string of the molecule is CCOC(=O)[C@H]1[C@H](C(=O)OCC)[C@H](c2ccccc2P(=O)(c2ccc(C(C)(C)C)cc2)c2ccc(C(C)(C)C)cc2)[C@H]1c1ccccc1P(=O)(c1ccc(C(C)(C)C)cc1)c1ccc(C(C)(C)C)cc1. The number of carbonyl (C=O) groups is 2. The standard InChI is InChI=1S/C62H74O6P2/c1-15-67-57(63)55-53(49-21-17-19-23-51(49)69(65,45-33-25-41(26-34-45)59(3,4)5)46-35-27-42(28-36-46)60(6,7)8)54(56(55)58(64)68-16-2)50-22-18-20-24-52(50)70(66,47-37-29-43(30-38-47)61(9,10)11)48-39-31-44(32-40-48)62(12,13)14/h17-40,53-56H,15-16H2,1-14H3/t53-,54-,55-,56-/m1/s1. The molecule has 0 N–H and O–H groups in total. The monoisotopic (exact) mass is 976 g/mol. The summed E-state index contributed by atoms with van der Waals surface area (Å²) in [4.78, 5) is 29.3. The second-order valence-electron chi connectivity index (χ2n) is 23.1. The molecule has 70 heavy (non-hydrogen) atoms. The molecular weight excluding hydrogens is 903 g/mol. The van der Waals surface area contributed by atoms with E-state index in [1.165, 1.54) is 0 Å². The summed E-state index contributed by atoms with van der Waals surface area (Å²) in [5, 5.41) is 3.77. The highest BCUT2D eigenvalue weighted by Crippen LogP contribution is 2.61. The Morgan fingerprint density at radius 3 is 0.829 bits per heavy atom. The molecule has 4 atom stereocenters. The molecule has 1 aliphatic rings. The fraction of sp³-hybridized carbons (Fsp3) is 0.387. The van der Waals surface area contributed by atoms with E-state index in [2.05, 4.69) is 132 Å². The highest BCUT2D eigenvalue weighted by Gasteiger charge is 2.61. The third-order valence-corrected chi connectivity index (χ3v) is 20.6. The molecule has 0 aromatic heterocycles. The van der Waals surface area contributed by atoms with Crippen LogP contribution >= 0.6 is 14.3 Å². The molecule has 0 bridgehead atoms. The zero-order valence-corrected chi connectivity index (χ0v) is 45.7. The van der Waals surface area contributed by atoms with Crippen molar-refractivity contribution >= 4 is 58.0 Å². The van der Waals surface area contributed by atoms with Crippen LogP contribution in [0.5, 0.6) is 0 Å². The van der Waals surface area contributed by atoms with Crippen molar-refractivity contribution in [2.75, 3.05) is 13.2 Å². The number of hydrogen-bond donors (Lipinski definition) is 0. The van der Waals surface area contributed by atoms with Gasteiger partial charge in [-0.25, -0.2) is 0 Å². The van der Waals surface area contributed by atoms with Crippen molar-refractivity contribution in [1.29, 1.82) is 0 Å². The normalized spacial score (nSPS) is 17.9. The van der Waals surface area contributed by atoms with Crippen molar-refractivity contribution in [2.45, 2.75) is 130 Å². The van der Waals surface area contributed by atoms with E-state index in [-0.39, 0.29) is 34.9 Å². The smallest absolute Gasteiger partial charge is 0.310 e. The number of esters is 2. The van der Waals surface area contributed by atoms with Crippen molar-refractivity contribution in [3.63, 3.8) is 0 Å². The van der Waals surface area contributed by atoms with Crippen molar-refractivity contribution < 1.29 is 28.2 Å². The van der Waals surface area contributed by atoms with E-state index in [0.717, 1.165) is 22.3 Å². The third-order valence-electron chi connectivity index (χ3n) is 14.3. The van der Waals surface area contributed by atoms with Gasteiger partial charge in [-0.3, -0.25) is 9.59 Å². The van der Waals surface area contributed by atoms with E-state index in [9.17, 15) is 9.59 Å². The summed E-state index contributed by atoms with van der Waals surface area (Å²) in [6.45, 7) is 29.6. The molecule has 6 nitrogen and oxygen atoms in total. The van der Waals surface area contributed by atoms with Crippen LogP contribution in [0.1, 0.15) is 142 Å². The predicted octanol–water partition coefficient (Wildman–Crippen LogP) is 12.4. The maximum atomic E-state index is 16.9. The van der Waals surface area contributed by atoms with Gasteiger partial charge in [0, 0.05) is 43.7 Å². The predicted molar refractivity (Wildman–Crippen MR) is 292 cm³/mol. The lowest BCUT2D eigenvalue weighted by atomic mass is 9.52. The van der Waals surface area contributed by atoms with Gasteiger partial charge in [-0.2, -0.15) is 0 Å². The highest BCUT2D eigenvalue weighted by molar-refractivity contribution is 7.85. The van der Waals surface area contributed by atoms with E-state index in [1.807, 2.05) is 97.1 Å².